The second kappa shape index (κ2) is 7.82. The number of sulfonamides is 1. The van der Waals surface area contributed by atoms with Crippen molar-refractivity contribution in [3.63, 3.8) is 0 Å². The molecule has 0 radical (unpaired) electrons. The van der Waals surface area contributed by atoms with Crippen molar-refractivity contribution >= 4 is 38.2 Å². The van der Waals surface area contributed by atoms with Crippen molar-refractivity contribution in [2.45, 2.75) is 4.90 Å². The Hall–Kier alpha value is -4.17. The summed E-state index contributed by atoms with van der Waals surface area (Å²) in [5, 5.41) is 0.166. The number of rotatable bonds is 5. The molecule has 2 aromatic heterocycles. The van der Waals surface area contributed by atoms with E-state index in [1.165, 1.54) is 30.6 Å². The standard InChI is InChI=1S/C21H11F3N4O3S/c1-25-11-8-12-13(10-27-21(12)26-9-11)20(29)18-15(23)6-7-16(19(18)24)28-32(30,31)17-5-3-2-4-14(17)22/h2-10,28H,(H,26,27). The number of pyridine rings is 1. The lowest BCUT2D eigenvalue weighted by Crippen LogP contribution is -2.17. The predicted molar refractivity (Wildman–Crippen MR) is 109 cm³/mol. The van der Waals surface area contributed by atoms with Crippen LogP contribution in [0.3, 0.4) is 0 Å². The molecule has 0 aliphatic carbocycles. The van der Waals surface area contributed by atoms with Crippen molar-refractivity contribution in [1.29, 1.82) is 0 Å². The Balaban J connectivity index is 1.79. The van der Waals surface area contributed by atoms with E-state index in [4.69, 9.17) is 6.57 Å². The fourth-order valence-corrected chi connectivity index (χ4v) is 4.22. The van der Waals surface area contributed by atoms with Gasteiger partial charge in [-0.3, -0.25) is 14.5 Å². The molecule has 0 unspecified atom stereocenters. The van der Waals surface area contributed by atoms with Crippen LogP contribution in [0.2, 0.25) is 0 Å². The number of fused-ring (bicyclic) bond motifs is 1. The smallest absolute Gasteiger partial charge is 0.264 e. The number of ketones is 1. The van der Waals surface area contributed by atoms with Gasteiger partial charge in [0, 0.05) is 23.3 Å². The first kappa shape index (κ1) is 21.1. The number of hydrogen-bond donors (Lipinski definition) is 2. The van der Waals surface area contributed by atoms with E-state index in [0.717, 1.165) is 18.2 Å². The number of aromatic nitrogens is 2. The Morgan fingerprint density at radius 3 is 2.56 bits per heavy atom. The van der Waals surface area contributed by atoms with Gasteiger partial charge in [-0.2, -0.15) is 0 Å². The molecule has 2 N–H and O–H groups in total. The summed E-state index contributed by atoms with van der Waals surface area (Å²) in [4.78, 5) is 22.1. The SMILES string of the molecule is [C-]#[N+]c1cnc2[nH]cc(C(=O)c3c(F)ccc(NS(=O)(=O)c4ccccc4F)c3F)c2c1. The number of nitrogens with one attached hydrogen (secondary N) is 2. The molecule has 0 bridgehead atoms. The molecule has 32 heavy (non-hydrogen) atoms. The van der Waals surface area contributed by atoms with Crippen LogP contribution in [0.15, 0.2) is 59.8 Å². The van der Waals surface area contributed by atoms with E-state index in [2.05, 4.69) is 14.8 Å². The summed E-state index contributed by atoms with van der Waals surface area (Å²) < 4.78 is 70.3. The highest BCUT2D eigenvalue weighted by Gasteiger charge is 2.27. The third kappa shape index (κ3) is 3.57. The van der Waals surface area contributed by atoms with E-state index in [-0.39, 0.29) is 22.3 Å². The van der Waals surface area contributed by atoms with Gasteiger partial charge in [0.25, 0.3) is 10.0 Å². The van der Waals surface area contributed by atoms with Crippen LogP contribution in [0.5, 0.6) is 0 Å². The summed E-state index contributed by atoms with van der Waals surface area (Å²) in [6.07, 6.45) is 2.45. The molecule has 0 spiro atoms. The van der Waals surface area contributed by atoms with Crippen molar-refractivity contribution in [3.8, 4) is 0 Å². The molecule has 0 saturated heterocycles. The first-order valence-electron chi connectivity index (χ1n) is 8.87. The number of anilines is 1. The summed E-state index contributed by atoms with van der Waals surface area (Å²) in [5.74, 6) is -4.87. The van der Waals surface area contributed by atoms with Crippen LogP contribution < -0.4 is 4.72 Å². The average Bonchev–Trinajstić information content (AvgIpc) is 3.19. The summed E-state index contributed by atoms with van der Waals surface area (Å²) >= 11 is 0. The largest absolute Gasteiger partial charge is 0.345 e. The summed E-state index contributed by atoms with van der Waals surface area (Å²) in [6, 6.07) is 7.27. The van der Waals surface area contributed by atoms with Crippen molar-refractivity contribution in [3.05, 3.63) is 94.9 Å². The summed E-state index contributed by atoms with van der Waals surface area (Å²) in [6.45, 7) is 7.06. The third-order valence-corrected chi connectivity index (χ3v) is 5.98. The van der Waals surface area contributed by atoms with Gasteiger partial charge in [-0.05, 0) is 30.3 Å². The zero-order chi connectivity index (χ0) is 23.0. The number of aromatic amines is 1. The monoisotopic (exact) mass is 456 g/mol. The molecule has 0 fully saturated rings. The van der Waals surface area contributed by atoms with Crippen LogP contribution >= 0.6 is 0 Å². The Morgan fingerprint density at radius 1 is 1.09 bits per heavy atom. The van der Waals surface area contributed by atoms with E-state index in [1.54, 1.807) is 0 Å². The third-order valence-electron chi connectivity index (χ3n) is 4.58. The van der Waals surface area contributed by atoms with Crippen LogP contribution in [0.25, 0.3) is 15.9 Å². The number of carbonyl (C=O) groups excluding carboxylic acids is 1. The Bertz CT molecular complexity index is 1540. The minimum atomic E-state index is -4.57. The maximum absolute atomic E-state index is 15.1. The Kier molecular flexibility index (Phi) is 5.15. The lowest BCUT2D eigenvalue weighted by Gasteiger charge is -2.12. The van der Waals surface area contributed by atoms with Gasteiger partial charge in [0.05, 0.1) is 17.8 Å². The molecule has 4 rings (SSSR count). The molecular formula is C21H11F3N4O3S. The van der Waals surface area contributed by atoms with Crippen molar-refractivity contribution in [2.75, 3.05) is 4.72 Å². The summed E-state index contributed by atoms with van der Waals surface area (Å²) in [7, 11) is -4.57. The molecule has 0 aliphatic rings. The lowest BCUT2D eigenvalue weighted by molar-refractivity contribution is 0.103. The van der Waals surface area contributed by atoms with Gasteiger partial charge in [-0.1, -0.05) is 12.1 Å². The molecule has 2 heterocycles. The van der Waals surface area contributed by atoms with Crippen LogP contribution in [-0.4, -0.2) is 24.2 Å². The average molecular weight is 456 g/mol. The number of H-pyrrole nitrogens is 1. The maximum Gasteiger partial charge on any atom is 0.264 e. The fourth-order valence-electron chi connectivity index (χ4n) is 3.08. The van der Waals surface area contributed by atoms with Crippen molar-refractivity contribution < 1.29 is 26.4 Å². The molecule has 7 nitrogen and oxygen atoms in total. The van der Waals surface area contributed by atoms with Gasteiger partial charge in [-0.15, -0.1) is 0 Å². The zero-order valence-corrected chi connectivity index (χ0v) is 16.7. The number of hydrogen-bond acceptors (Lipinski definition) is 4. The van der Waals surface area contributed by atoms with Gasteiger partial charge in [0.1, 0.15) is 22.2 Å². The van der Waals surface area contributed by atoms with E-state index in [0.29, 0.717) is 6.07 Å². The number of halogens is 3. The Morgan fingerprint density at radius 2 is 1.84 bits per heavy atom. The maximum atomic E-state index is 15.1. The van der Waals surface area contributed by atoms with E-state index < -0.39 is 49.4 Å². The molecule has 0 saturated carbocycles. The highest BCUT2D eigenvalue weighted by atomic mass is 32.2. The summed E-state index contributed by atoms with van der Waals surface area (Å²) in [5.41, 5.74) is -1.59. The molecule has 0 atom stereocenters. The molecule has 11 heteroatoms. The van der Waals surface area contributed by atoms with Crippen LogP contribution in [-0.2, 0) is 10.0 Å². The van der Waals surface area contributed by atoms with Crippen molar-refractivity contribution in [1.82, 2.24) is 9.97 Å². The van der Waals surface area contributed by atoms with E-state index in [1.807, 2.05) is 4.72 Å². The van der Waals surface area contributed by atoms with Gasteiger partial charge in [0.15, 0.2) is 5.82 Å². The lowest BCUT2D eigenvalue weighted by atomic mass is 10.0. The predicted octanol–water partition coefficient (Wildman–Crippen LogP) is 4.56. The molecular weight excluding hydrogens is 445 g/mol. The van der Waals surface area contributed by atoms with Gasteiger partial charge in [-0.25, -0.2) is 26.4 Å². The second-order valence-corrected chi connectivity index (χ2v) is 8.20. The minimum absolute atomic E-state index is 0.110. The van der Waals surface area contributed by atoms with Gasteiger partial charge in [0.2, 0.25) is 11.5 Å². The van der Waals surface area contributed by atoms with Crippen molar-refractivity contribution in [2.24, 2.45) is 0 Å². The second-order valence-electron chi connectivity index (χ2n) is 6.55. The Labute approximate surface area is 179 Å². The van der Waals surface area contributed by atoms with Crippen LogP contribution in [0.4, 0.5) is 24.5 Å². The van der Waals surface area contributed by atoms with Gasteiger partial charge < -0.3 is 4.98 Å². The molecule has 4 aromatic rings. The van der Waals surface area contributed by atoms with Gasteiger partial charge >= 0.3 is 0 Å². The fraction of sp³-hybridized carbons (Fsp3) is 0. The normalized spacial score (nSPS) is 11.3. The van der Waals surface area contributed by atoms with E-state index in [9.17, 15) is 22.0 Å². The molecule has 0 amide bonds. The first-order valence-corrected chi connectivity index (χ1v) is 10.4. The molecule has 160 valence electrons. The highest BCUT2D eigenvalue weighted by Crippen LogP contribution is 2.29. The van der Waals surface area contributed by atoms with Crippen LogP contribution in [0, 0.1) is 24.0 Å². The highest BCUT2D eigenvalue weighted by molar-refractivity contribution is 7.92. The number of carbonyl (C=O) groups is 1. The number of nitrogens with zero attached hydrogens (tertiary/aromatic N) is 2. The quantitative estimate of drug-likeness (QED) is 0.340. The minimum Gasteiger partial charge on any atom is -0.345 e. The topological polar surface area (TPSA) is 96.3 Å². The number of benzene rings is 2. The van der Waals surface area contributed by atoms with Crippen LogP contribution in [0.1, 0.15) is 15.9 Å². The first-order chi connectivity index (χ1) is 15.2. The zero-order valence-electron chi connectivity index (χ0n) is 15.9. The molecule has 2 aromatic carbocycles. The van der Waals surface area contributed by atoms with E-state index >= 15 is 4.39 Å². The molecule has 0 aliphatic heterocycles.